The topological polar surface area (TPSA) is 74.3 Å². The number of anilines is 3. The van der Waals surface area contributed by atoms with Crippen LogP contribution >= 0.6 is 0 Å². The van der Waals surface area contributed by atoms with E-state index in [1.807, 2.05) is 18.2 Å². The van der Waals surface area contributed by atoms with Crippen LogP contribution in [0.1, 0.15) is 35.2 Å². The lowest BCUT2D eigenvalue weighted by Crippen LogP contribution is -2.20. The highest BCUT2D eigenvalue weighted by molar-refractivity contribution is 6.05. The molecule has 0 spiro atoms. The summed E-state index contributed by atoms with van der Waals surface area (Å²) in [5.41, 5.74) is 3.05. The molecule has 0 radical (unpaired) electrons. The number of aryl methyl sites for hydroxylation is 1. The molecule has 1 aromatic carbocycles. The van der Waals surface area contributed by atoms with E-state index in [1.54, 1.807) is 18.3 Å². The molecule has 2 aromatic rings. The van der Waals surface area contributed by atoms with Gasteiger partial charge in [0, 0.05) is 30.8 Å². The number of rotatable bonds is 3. The van der Waals surface area contributed by atoms with Crippen molar-refractivity contribution in [1.29, 1.82) is 0 Å². The Morgan fingerprint density at radius 2 is 1.96 bits per heavy atom. The first-order valence-corrected chi connectivity index (χ1v) is 8.64. The summed E-state index contributed by atoms with van der Waals surface area (Å²) in [6.07, 6.45) is 5.23. The minimum atomic E-state index is -0.171. The summed E-state index contributed by atoms with van der Waals surface area (Å²) in [5.74, 6) is 0.810. The zero-order chi connectivity index (χ0) is 17.2. The van der Waals surface area contributed by atoms with Crippen molar-refractivity contribution in [3.05, 3.63) is 47.7 Å². The largest absolute Gasteiger partial charge is 0.357 e. The molecule has 1 saturated heterocycles. The molecule has 128 valence electrons. The van der Waals surface area contributed by atoms with Gasteiger partial charge in [-0.15, -0.1) is 0 Å². The van der Waals surface area contributed by atoms with Gasteiger partial charge in [-0.3, -0.25) is 9.59 Å². The van der Waals surface area contributed by atoms with Gasteiger partial charge in [-0.1, -0.05) is 0 Å². The molecule has 2 amide bonds. The molecular weight excluding hydrogens is 316 g/mol. The number of carbonyl (C=O) groups is 2. The van der Waals surface area contributed by atoms with Crippen LogP contribution in [0.15, 0.2) is 36.5 Å². The second kappa shape index (κ2) is 6.55. The fourth-order valence-electron chi connectivity index (χ4n) is 3.32. The predicted octanol–water partition coefficient (Wildman–Crippen LogP) is 2.82. The number of aromatic nitrogens is 1. The summed E-state index contributed by atoms with van der Waals surface area (Å²) in [7, 11) is 0. The molecule has 2 aliphatic rings. The third-order valence-electron chi connectivity index (χ3n) is 4.70. The molecule has 0 unspecified atom stereocenters. The Kier molecular flexibility index (Phi) is 4.09. The van der Waals surface area contributed by atoms with Gasteiger partial charge in [0.1, 0.15) is 5.82 Å². The summed E-state index contributed by atoms with van der Waals surface area (Å²) >= 11 is 0. The van der Waals surface area contributed by atoms with Crippen molar-refractivity contribution >= 4 is 29.0 Å². The average molecular weight is 336 g/mol. The Balaban J connectivity index is 1.45. The van der Waals surface area contributed by atoms with Gasteiger partial charge in [0.2, 0.25) is 5.91 Å². The van der Waals surface area contributed by atoms with E-state index in [2.05, 4.69) is 20.5 Å². The van der Waals surface area contributed by atoms with Crippen LogP contribution in [0.4, 0.5) is 17.2 Å². The Morgan fingerprint density at radius 1 is 1.12 bits per heavy atom. The lowest BCUT2D eigenvalue weighted by atomic mass is 10.00. The van der Waals surface area contributed by atoms with Gasteiger partial charge in [-0.25, -0.2) is 4.98 Å². The number of amides is 2. The molecule has 6 nitrogen and oxygen atoms in total. The number of nitrogens with zero attached hydrogens (tertiary/aromatic N) is 2. The molecule has 4 rings (SSSR count). The predicted molar refractivity (Wildman–Crippen MR) is 97.0 cm³/mol. The first-order chi connectivity index (χ1) is 12.2. The summed E-state index contributed by atoms with van der Waals surface area (Å²) in [4.78, 5) is 30.6. The molecule has 6 heteroatoms. The molecule has 25 heavy (non-hydrogen) atoms. The maximum Gasteiger partial charge on any atom is 0.255 e. The van der Waals surface area contributed by atoms with Crippen LogP contribution < -0.4 is 15.5 Å². The fourth-order valence-corrected chi connectivity index (χ4v) is 3.32. The highest BCUT2D eigenvalue weighted by Crippen LogP contribution is 2.24. The van der Waals surface area contributed by atoms with Crippen molar-refractivity contribution in [2.45, 2.75) is 25.7 Å². The highest BCUT2D eigenvalue weighted by atomic mass is 16.2. The fraction of sp³-hybridized carbons (Fsp3) is 0.316. The van der Waals surface area contributed by atoms with E-state index in [9.17, 15) is 9.59 Å². The van der Waals surface area contributed by atoms with E-state index in [-0.39, 0.29) is 11.8 Å². The van der Waals surface area contributed by atoms with E-state index in [1.165, 1.54) is 12.8 Å². The van der Waals surface area contributed by atoms with E-state index in [4.69, 9.17) is 0 Å². The zero-order valence-corrected chi connectivity index (χ0v) is 13.9. The lowest BCUT2D eigenvalue weighted by molar-refractivity contribution is -0.116. The molecule has 0 saturated carbocycles. The SMILES string of the molecule is O=C1CCc2cc(C(=O)Nc3ccc(N4CCCC4)nc3)ccc2N1. The molecule has 0 bridgehead atoms. The lowest BCUT2D eigenvalue weighted by Gasteiger charge is -2.18. The maximum atomic E-state index is 12.5. The van der Waals surface area contributed by atoms with Crippen molar-refractivity contribution in [3.63, 3.8) is 0 Å². The Labute approximate surface area is 146 Å². The zero-order valence-electron chi connectivity index (χ0n) is 13.9. The standard InChI is InChI=1S/C19H20N4O2/c24-18-8-4-13-11-14(3-6-16(13)22-18)19(25)21-15-5-7-17(20-12-15)23-9-1-2-10-23/h3,5-7,11-12H,1-2,4,8-10H2,(H,21,25)(H,22,24). The minimum absolute atomic E-state index is 0.0221. The molecular formula is C19H20N4O2. The number of carbonyl (C=O) groups excluding carboxylic acids is 2. The molecule has 3 heterocycles. The van der Waals surface area contributed by atoms with E-state index < -0.39 is 0 Å². The molecule has 1 fully saturated rings. The minimum Gasteiger partial charge on any atom is -0.357 e. The molecule has 0 atom stereocenters. The van der Waals surface area contributed by atoms with Crippen LogP contribution in [-0.4, -0.2) is 29.9 Å². The van der Waals surface area contributed by atoms with Gasteiger partial charge in [0.05, 0.1) is 11.9 Å². The smallest absolute Gasteiger partial charge is 0.255 e. The maximum absolute atomic E-state index is 12.5. The number of hydrogen-bond donors (Lipinski definition) is 2. The molecule has 2 aliphatic heterocycles. The Bertz CT molecular complexity index is 811. The van der Waals surface area contributed by atoms with Crippen LogP contribution in [0.25, 0.3) is 0 Å². The Morgan fingerprint density at radius 3 is 2.72 bits per heavy atom. The third-order valence-corrected chi connectivity index (χ3v) is 4.70. The average Bonchev–Trinajstić information content (AvgIpc) is 3.16. The number of nitrogens with one attached hydrogen (secondary N) is 2. The number of pyridine rings is 1. The van der Waals surface area contributed by atoms with Gasteiger partial charge in [0.25, 0.3) is 5.91 Å². The van der Waals surface area contributed by atoms with E-state index >= 15 is 0 Å². The van der Waals surface area contributed by atoms with E-state index in [0.717, 1.165) is 30.2 Å². The van der Waals surface area contributed by atoms with Crippen LogP contribution in [0, 0.1) is 0 Å². The number of hydrogen-bond acceptors (Lipinski definition) is 4. The molecule has 2 N–H and O–H groups in total. The quantitative estimate of drug-likeness (QED) is 0.904. The van der Waals surface area contributed by atoms with Crippen LogP contribution in [0.2, 0.25) is 0 Å². The van der Waals surface area contributed by atoms with E-state index in [0.29, 0.717) is 24.1 Å². The number of fused-ring (bicyclic) bond motifs is 1. The third kappa shape index (κ3) is 3.33. The van der Waals surface area contributed by atoms with Crippen molar-refractivity contribution in [2.75, 3.05) is 28.6 Å². The first-order valence-electron chi connectivity index (χ1n) is 8.64. The van der Waals surface area contributed by atoms with Crippen molar-refractivity contribution in [1.82, 2.24) is 4.98 Å². The normalized spacial score (nSPS) is 16.3. The Hall–Kier alpha value is -2.89. The van der Waals surface area contributed by atoms with Gasteiger partial charge in [0.15, 0.2) is 0 Å². The monoisotopic (exact) mass is 336 g/mol. The first kappa shape index (κ1) is 15.6. The van der Waals surface area contributed by atoms with Gasteiger partial charge in [-0.2, -0.15) is 0 Å². The van der Waals surface area contributed by atoms with Crippen molar-refractivity contribution < 1.29 is 9.59 Å². The molecule has 0 aliphatic carbocycles. The van der Waals surface area contributed by atoms with Crippen LogP contribution in [0.3, 0.4) is 0 Å². The molecule has 1 aromatic heterocycles. The van der Waals surface area contributed by atoms with Gasteiger partial charge >= 0.3 is 0 Å². The number of benzene rings is 1. The van der Waals surface area contributed by atoms with Crippen molar-refractivity contribution in [2.24, 2.45) is 0 Å². The summed E-state index contributed by atoms with van der Waals surface area (Å²) in [5, 5.41) is 5.71. The van der Waals surface area contributed by atoms with Crippen LogP contribution in [0.5, 0.6) is 0 Å². The van der Waals surface area contributed by atoms with Gasteiger partial charge < -0.3 is 15.5 Å². The summed E-state index contributed by atoms with van der Waals surface area (Å²) in [6, 6.07) is 9.19. The van der Waals surface area contributed by atoms with Crippen LogP contribution in [-0.2, 0) is 11.2 Å². The van der Waals surface area contributed by atoms with Gasteiger partial charge in [-0.05, 0) is 55.2 Å². The van der Waals surface area contributed by atoms with Crippen molar-refractivity contribution in [3.8, 4) is 0 Å². The highest BCUT2D eigenvalue weighted by Gasteiger charge is 2.17. The second-order valence-corrected chi connectivity index (χ2v) is 6.47. The summed E-state index contributed by atoms with van der Waals surface area (Å²) in [6.45, 7) is 2.09. The summed E-state index contributed by atoms with van der Waals surface area (Å²) < 4.78 is 0. The second-order valence-electron chi connectivity index (χ2n) is 6.47.